The molecule has 0 amide bonds. The van der Waals surface area contributed by atoms with Gasteiger partial charge in [0.05, 0.1) is 18.8 Å². The van der Waals surface area contributed by atoms with Crippen LogP contribution in [0.3, 0.4) is 0 Å². The van der Waals surface area contributed by atoms with Gasteiger partial charge in [0, 0.05) is 18.4 Å². The van der Waals surface area contributed by atoms with Crippen molar-refractivity contribution in [3.63, 3.8) is 0 Å². The van der Waals surface area contributed by atoms with Gasteiger partial charge in [-0.1, -0.05) is 111 Å². The molecule has 168 valence electrons. The average Bonchev–Trinajstić information content (AvgIpc) is 2.88. The molecule has 3 aromatic carbocycles. The van der Waals surface area contributed by atoms with E-state index >= 15 is 0 Å². The Morgan fingerprint density at radius 3 is 1.67 bits per heavy atom. The number of nitrogens with one attached hydrogen (secondary N) is 1. The summed E-state index contributed by atoms with van der Waals surface area (Å²) >= 11 is 0. The molecule has 33 heavy (non-hydrogen) atoms. The summed E-state index contributed by atoms with van der Waals surface area (Å²) in [7, 11) is 0. The fourth-order valence-electron chi connectivity index (χ4n) is 4.28. The molecule has 1 N–H and O–H groups in total. The van der Waals surface area contributed by atoms with Gasteiger partial charge in [0.2, 0.25) is 0 Å². The van der Waals surface area contributed by atoms with E-state index in [9.17, 15) is 0 Å². The molecule has 0 aliphatic heterocycles. The van der Waals surface area contributed by atoms with E-state index in [1.807, 2.05) is 18.3 Å². The highest BCUT2D eigenvalue weighted by Crippen LogP contribution is 2.37. The van der Waals surface area contributed by atoms with Crippen molar-refractivity contribution in [1.82, 2.24) is 10.3 Å². The number of nitrogens with zero attached hydrogens (tertiary/aromatic N) is 1. The Bertz CT molecular complexity index is 987. The number of aromatic nitrogens is 1. The summed E-state index contributed by atoms with van der Waals surface area (Å²) in [5.74, 6) is 0.370. The minimum atomic E-state index is -0.504. The van der Waals surface area contributed by atoms with Gasteiger partial charge in [-0.15, -0.1) is 0 Å². The normalized spacial score (nSPS) is 12.6. The lowest BCUT2D eigenvalue weighted by atomic mass is 9.76. The standard InChI is InChI=1S/C30H32N2O/c1-24(2)29(23-33-22-25-13-12-20-31-21-25)32-30(26-14-6-3-7-15-26,27-16-8-4-9-17-27)28-18-10-5-11-19-28/h3-21,24,29,32H,22-23H2,1-2H3/t29-/m0/s1. The number of pyridine rings is 1. The zero-order chi connectivity index (χ0) is 22.9. The molecule has 0 radical (unpaired) electrons. The second kappa shape index (κ2) is 11.0. The summed E-state index contributed by atoms with van der Waals surface area (Å²) in [6, 6.07) is 36.3. The smallest absolute Gasteiger partial charge is 0.0950 e. The molecule has 0 saturated carbocycles. The molecule has 4 aromatic rings. The Balaban J connectivity index is 1.73. The van der Waals surface area contributed by atoms with Gasteiger partial charge in [0.1, 0.15) is 0 Å². The fraction of sp³-hybridized carbons (Fsp3) is 0.233. The molecule has 4 rings (SSSR count). The Morgan fingerprint density at radius 1 is 0.727 bits per heavy atom. The van der Waals surface area contributed by atoms with E-state index < -0.39 is 5.54 Å². The largest absolute Gasteiger partial charge is 0.375 e. The molecule has 0 aliphatic rings. The molecule has 3 heteroatoms. The number of hydrogen-bond donors (Lipinski definition) is 1. The van der Waals surface area contributed by atoms with Crippen molar-refractivity contribution in [1.29, 1.82) is 0 Å². The lowest BCUT2D eigenvalue weighted by Gasteiger charge is -2.41. The van der Waals surface area contributed by atoms with Crippen LogP contribution in [0.5, 0.6) is 0 Å². The van der Waals surface area contributed by atoms with Crippen LogP contribution in [-0.2, 0) is 16.9 Å². The van der Waals surface area contributed by atoms with Crippen LogP contribution < -0.4 is 5.32 Å². The Labute approximate surface area is 197 Å². The van der Waals surface area contributed by atoms with Crippen molar-refractivity contribution in [3.8, 4) is 0 Å². The first-order valence-corrected chi connectivity index (χ1v) is 11.6. The van der Waals surface area contributed by atoms with Gasteiger partial charge >= 0.3 is 0 Å². The Morgan fingerprint density at radius 2 is 1.24 bits per heavy atom. The summed E-state index contributed by atoms with van der Waals surface area (Å²) < 4.78 is 6.19. The third kappa shape index (κ3) is 5.39. The van der Waals surface area contributed by atoms with E-state index in [1.165, 1.54) is 16.7 Å². The average molecular weight is 437 g/mol. The van der Waals surface area contributed by atoms with E-state index in [1.54, 1.807) is 6.20 Å². The first kappa shape index (κ1) is 22.9. The van der Waals surface area contributed by atoms with Gasteiger partial charge in [-0.3, -0.25) is 10.3 Å². The van der Waals surface area contributed by atoms with Gasteiger partial charge in [-0.25, -0.2) is 0 Å². The van der Waals surface area contributed by atoms with E-state index in [0.717, 1.165) is 5.56 Å². The van der Waals surface area contributed by atoms with Crippen molar-refractivity contribution in [2.75, 3.05) is 6.61 Å². The lowest BCUT2D eigenvalue weighted by Crippen LogP contribution is -2.53. The van der Waals surface area contributed by atoms with E-state index in [4.69, 9.17) is 4.74 Å². The number of rotatable bonds is 10. The fourth-order valence-corrected chi connectivity index (χ4v) is 4.28. The maximum atomic E-state index is 6.19. The summed E-state index contributed by atoms with van der Waals surface area (Å²) in [6.45, 7) is 5.64. The quantitative estimate of drug-likeness (QED) is 0.300. The third-order valence-corrected chi connectivity index (χ3v) is 6.12. The van der Waals surface area contributed by atoms with Gasteiger partial charge in [-0.05, 0) is 34.2 Å². The summed E-state index contributed by atoms with van der Waals surface area (Å²) in [6.07, 6.45) is 3.65. The maximum Gasteiger partial charge on any atom is 0.0950 e. The second-order valence-electron chi connectivity index (χ2n) is 8.72. The van der Waals surface area contributed by atoms with E-state index in [-0.39, 0.29) is 6.04 Å². The molecular weight excluding hydrogens is 404 g/mol. The molecule has 0 fully saturated rings. The van der Waals surface area contributed by atoms with Gasteiger partial charge in [0.15, 0.2) is 0 Å². The second-order valence-corrected chi connectivity index (χ2v) is 8.72. The first-order chi connectivity index (χ1) is 16.2. The maximum absolute atomic E-state index is 6.19. The van der Waals surface area contributed by atoms with Crippen LogP contribution in [0.2, 0.25) is 0 Å². The number of benzene rings is 3. The van der Waals surface area contributed by atoms with Crippen molar-refractivity contribution in [3.05, 3.63) is 138 Å². The van der Waals surface area contributed by atoms with Crippen LogP contribution in [0, 0.1) is 5.92 Å². The van der Waals surface area contributed by atoms with Crippen LogP contribution in [0.4, 0.5) is 0 Å². The van der Waals surface area contributed by atoms with Crippen LogP contribution >= 0.6 is 0 Å². The zero-order valence-electron chi connectivity index (χ0n) is 19.4. The van der Waals surface area contributed by atoms with Crippen LogP contribution in [0.25, 0.3) is 0 Å². The molecule has 0 aliphatic carbocycles. The predicted octanol–water partition coefficient (Wildman–Crippen LogP) is 6.20. The highest BCUT2D eigenvalue weighted by molar-refractivity contribution is 5.49. The molecule has 1 heterocycles. The Hall–Kier alpha value is -3.27. The van der Waals surface area contributed by atoms with Crippen LogP contribution in [0.15, 0.2) is 116 Å². The highest BCUT2D eigenvalue weighted by atomic mass is 16.5. The van der Waals surface area contributed by atoms with Crippen LogP contribution in [-0.4, -0.2) is 17.6 Å². The minimum absolute atomic E-state index is 0.127. The number of ether oxygens (including phenoxy) is 1. The monoisotopic (exact) mass is 436 g/mol. The molecule has 0 saturated heterocycles. The first-order valence-electron chi connectivity index (χ1n) is 11.6. The molecule has 0 spiro atoms. The highest BCUT2D eigenvalue weighted by Gasteiger charge is 2.38. The summed E-state index contributed by atoms with van der Waals surface area (Å²) in [5.41, 5.74) is 4.21. The molecule has 3 nitrogen and oxygen atoms in total. The third-order valence-electron chi connectivity index (χ3n) is 6.12. The zero-order valence-corrected chi connectivity index (χ0v) is 19.4. The van der Waals surface area contributed by atoms with Crippen molar-refractivity contribution in [2.45, 2.75) is 32.0 Å². The summed E-state index contributed by atoms with van der Waals surface area (Å²) in [4.78, 5) is 4.20. The lowest BCUT2D eigenvalue weighted by molar-refractivity contribution is 0.0788. The molecule has 0 bridgehead atoms. The van der Waals surface area contributed by atoms with Crippen molar-refractivity contribution in [2.24, 2.45) is 5.92 Å². The van der Waals surface area contributed by atoms with Gasteiger partial charge in [-0.2, -0.15) is 0 Å². The molecular formula is C30H32N2O. The van der Waals surface area contributed by atoms with E-state index in [2.05, 4.69) is 115 Å². The van der Waals surface area contributed by atoms with Gasteiger partial charge in [0.25, 0.3) is 0 Å². The summed E-state index contributed by atoms with van der Waals surface area (Å²) in [5, 5.41) is 4.06. The molecule has 0 unspecified atom stereocenters. The van der Waals surface area contributed by atoms with Crippen molar-refractivity contribution < 1.29 is 4.74 Å². The van der Waals surface area contributed by atoms with Crippen molar-refractivity contribution >= 4 is 0 Å². The molecule has 1 atom stereocenters. The van der Waals surface area contributed by atoms with Crippen LogP contribution in [0.1, 0.15) is 36.1 Å². The Kier molecular flexibility index (Phi) is 7.66. The topological polar surface area (TPSA) is 34.1 Å². The van der Waals surface area contributed by atoms with E-state index in [0.29, 0.717) is 19.1 Å². The SMILES string of the molecule is CC(C)[C@H](COCc1cccnc1)NC(c1ccccc1)(c1ccccc1)c1ccccc1. The van der Waals surface area contributed by atoms with Gasteiger partial charge < -0.3 is 4.74 Å². The predicted molar refractivity (Wildman–Crippen MR) is 135 cm³/mol. The number of hydrogen-bond acceptors (Lipinski definition) is 3. The minimum Gasteiger partial charge on any atom is -0.375 e. The molecule has 1 aromatic heterocycles.